The van der Waals surface area contributed by atoms with Crippen LogP contribution in [-0.4, -0.2) is 30.7 Å². The van der Waals surface area contributed by atoms with E-state index in [1.807, 2.05) is 6.07 Å². The zero-order valence-corrected chi connectivity index (χ0v) is 7.87. The van der Waals surface area contributed by atoms with Gasteiger partial charge < -0.3 is 10.1 Å². The highest BCUT2D eigenvalue weighted by atomic mass is 19.4. The van der Waals surface area contributed by atoms with E-state index < -0.39 is 30.1 Å². The molecule has 0 bridgehead atoms. The lowest BCUT2D eigenvalue weighted by Gasteiger charge is -2.09. The van der Waals surface area contributed by atoms with Gasteiger partial charge in [0, 0.05) is 6.54 Å². The third-order valence-corrected chi connectivity index (χ3v) is 2.02. The van der Waals surface area contributed by atoms with E-state index in [1.54, 1.807) is 0 Å². The van der Waals surface area contributed by atoms with E-state index in [0.717, 1.165) is 0 Å². The molecule has 5 nitrogen and oxygen atoms in total. The van der Waals surface area contributed by atoms with Crippen LogP contribution >= 0.6 is 0 Å². The maximum Gasteiger partial charge on any atom is 0.491 e. The van der Waals surface area contributed by atoms with Gasteiger partial charge in [0.25, 0.3) is 0 Å². The molecule has 0 aromatic rings. The third-order valence-electron chi connectivity index (χ3n) is 2.02. The van der Waals surface area contributed by atoms with Gasteiger partial charge in [0.05, 0.1) is 12.0 Å². The summed E-state index contributed by atoms with van der Waals surface area (Å²) in [5.41, 5.74) is 0. The Morgan fingerprint density at radius 3 is 2.50 bits per heavy atom. The summed E-state index contributed by atoms with van der Waals surface area (Å²) >= 11 is 0. The van der Waals surface area contributed by atoms with Gasteiger partial charge in [-0.1, -0.05) is 0 Å². The Morgan fingerprint density at radius 2 is 2.06 bits per heavy atom. The zero-order valence-electron chi connectivity index (χ0n) is 7.87. The van der Waals surface area contributed by atoms with Gasteiger partial charge in [-0.15, -0.1) is 0 Å². The molecule has 1 rings (SSSR count). The van der Waals surface area contributed by atoms with Crippen LogP contribution in [0.4, 0.5) is 13.2 Å². The standard InChI is InChI=1S/C8H7F3N2O3/c9-8(10,11)7(15)16-6(14)5-1-4(2-12)3-13-5/h4-5,13H,1,3H2/t4-,5+/m1/s1. The number of hydrogen-bond donors (Lipinski definition) is 1. The number of alkyl halides is 3. The predicted molar refractivity (Wildman–Crippen MR) is 42.7 cm³/mol. The SMILES string of the molecule is N#C[C@@H]1CN[C@H](C(=O)OC(=O)C(F)(F)F)C1. The second kappa shape index (κ2) is 4.49. The number of halogens is 3. The van der Waals surface area contributed by atoms with Crippen molar-refractivity contribution in [1.82, 2.24) is 5.32 Å². The van der Waals surface area contributed by atoms with Crippen molar-refractivity contribution in [3.63, 3.8) is 0 Å². The monoisotopic (exact) mass is 236 g/mol. The van der Waals surface area contributed by atoms with Crippen molar-refractivity contribution >= 4 is 11.9 Å². The summed E-state index contributed by atoms with van der Waals surface area (Å²) in [4.78, 5) is 21.4. The molecule has 16 heavy (non-hydrogen) atoms. The fraction of sp³-hybridized carbons (Fsp3) is 0.625. The molecule has 0 aromatic heterocycles. The molecule has 0 amide bonds. The number of nitriles is 1. The topological polar surface area (TPSA) is 79.2 Å². The maximum absolute atomic E-state index is 11.7. The molecule has 2 atom stereocenters. The molecule has 0 radical (unpaired) electrons. The molecule has 1 fully saturated rings. The predicted octanol–water partition coefficient (Wildman–Crippen LogP) is 0.120. The molecule has 0 saturated carbocycles. The highest BCUT2D eigenvalue weighted by Crippen LogP contribution is 2.19. The van der Waals surface area contributed by atoms with Crippen molar-refractivity contribution < 1.29 is 27.5 Å². The number of rotatable bonds is 1. The van der Waals surface area contributed by atoms with E-state index in [0.29, 0.717) is 0 Å². The van der Waals surface area contributed by atoms with E-state index in [4.69, 9.17) is 5.26 Å². The van der Waals surface area contributed by atoms with Crippen LogP contribution in [0.3, 0.4) is 0 Å². The molecule has 0 unspecified atom stereocenters. The van der Waals surface area contributed by atoms with Gasteiger partial charge in [-0.05, 0) is 6.42 Å². The highest BCUT2D eigenvalue weighted by Gasteiger charge is 2.44. The van der Waals surface area contributed by atoms with Crippen LogP contribution < -0.4 is 5.32 Å². The summed E-state index contributed by atoms with van der Waals surface area (Å²) in [5.74, 6) is -4.31. The summed E-state index contributed by atoms with van der Waals surface area (Å²) in [6.45, 7) is 0.191. The Bertz CT molecular complexity index is 347. The molecule has 88 valence electrons. The van der Waals surface area contributed by atoms with E-state index in [1.165, 1.54) is 0 Å². The van der Waals surface area contributed by atoms with Crippen LogP contribution in [0.1, 0.15) is 6.42 Å². The van der Waals surface area contributed by atoms with Crippen molar-refractivity contribution in [2.75, 3.05) is 6.54 Å². The molecule has 0 spiro atoms. The second-order valence-corrected chi connectivity index (χ2v) is 3.23. The van der Waals surface area contributed by atoms with Gasteiger partial charge in [-0.3, -0.25) is 0 Å². The zero-order chi connectivity index (χ0) is 12.3. The van der Waals surface area contributed by atoms with Crippen LogP contribution in [-0.2, 0) is 14.3 Å². The number of ether oxygens (including phenoxy) is 1. The van der Waals surface area contributed by atoms with Gasteiger partial charge in [0.1, 0.15) is 6.04 Å². The summed E-state index contributed by atoms with van der Waals surface area (Å²) < 4.78 is 38.8. The molecule has 0 aliphatic carbocycles. The maximum atomic E-state index is 11.7. The Kier molecular flexibility index (Phi) is 3.49. The smallest absolute Gasteiger partial charge is 0.385 e. The van der Waals surface area contributed by atoms with Crippen LogP contribution in [0, 0.1) is 17.2 Å². The third kappa shape index (κ3) is 2.93. The minimum Gasteiger partial charge on any atom is -0.385 e. The van der Waals surface area contributed by atoms with Crippen molar-refractivity contribution in [3.05, 3.63) is 0 Å². The highest BCUT2D eigenvalue weighted by molar-refractivity contribution is 5.91. The van der Waals surface area contributed by atoms with E-state index in [2.05, 4.69) is 10.1 Å². The first kappa shape index (κ1) is 12.4. The van der Waals surface area contributed by atoms with Crippen molar-refractivity contribution in [3.8, 4) is 6.07 Å². The Labute approximate surface area is 88.2 Å². The summed E-state index contributed by atoms with van der Waals surface area (Å²) in [6.07, 6.45) is -5.15. The van der Waals surface area contributed by atoms with Gasteiger partial charge in [0.15, 0.2) is 0 Å². The lowest BCUT2D eigenvalue weighted by atomic mass is 10.1. The Balaban J connectivity index is 2.49. The first-order valence-corrected chi connectivity index (χ1v) is 4.30. The van der Waals surface area contributed by atoms with Gasteiger partial charge in [0.2, 0.25) is 0 Å². The number of carbonyl (C=O) groups is 2. The molecule has 1 N–H and O–H groups in total. The Hall–Kier alpha value is -1.62. The van der Waals surface area contributed by atoms with Crippen LogP contribution in [0.2, 0.25) is 0 Å². The summed E-state index contributed by atoms with van der Waals surface area (Å²) in [6, 6.07) is 0.823. The largest absolute Gasteiger partial charge is 0.491 e. The minimum atomic E-state index is -5.19. The number of nitrogens with one attached hydrogen (secondary N) is 1. The normalized spacial score (nSPS) is 24.9. The average Bonchev–Trinajstić information content (AvgIpc) is 2.64. The molecule has 8 heteroatoms. The number of esters is 2. The second-order valence-electron chi connectivity index (χ2n) is 3.23. The summed E-state index contributed by atoms with van der Waals surface area (Å²) in [5, 5.41) is 11.0. The minimum absolute atomic E-state index is 0.0421. The number of hydrogen-bond acceptors (Lipinski definition) is 5. The number of nitrogens with zero attached hydrogens (tertiary/aromatic N) is 1. The van der Waals surface area contributed by atoms with Crippen molar-refractivity contribution in [2.45, 2.75) is 18.6 Å². The molecule has 1 aliphatic heterocycles. The van der Waals surface area contributed by atoms with Crippen molar-refractivity contribution in [2.24, 2.45) is 5.92 Å². The van der Waals surface area contributed by atoms with Gasteiger partial charge in [-0.25, -0.2) is 9.59 Å². The van der Waals surface area contributed by atoms with Crippen LogP contribution in [0.5, 0.6) is 0 Å². The average molecular weight is 236 g/mol. The fourth-order valence-corrected chi connectivity index (χ4v) is 1.23. The lowest BCUT2D eigenvalue weighted by molar-refractivity contribution is -0.202. The molecular formula is C8H7F3N2O3. The number of carbonyl (C=O) groups excluding carboxylic acids is 2. The van der Waals surface area contributed by atoms with Gasteiger partial charge in [-0.2, -0.15) is 18.4 Å². The Morgan fingerprint density at radius 1 is 1.44 bits per heavy atom. The van der Waals surface area contributed by atoms with E-state index in [9.17, 15) is 22.8 Å². The first-order chi connectivity index (χ1) is 7.34. The first-order valence-electron chi connectivity index (χ1n) is 4.30. The molecule has 0 aromatic carbocycles. The molecular weight excluding hydrogens is 229 g/mol. The molecule has 1 heterocycles. The molecule has 1 saturated heterocycles. The summed E-state index contributed by atoms with van der Waals surface area (Å²) in [7, 11) is 0. The van der Waals surface area contributed by atoms with E-state index in [-0.39, 0.29) is 13.0 Å². The lowest BCUT2D eigenvalue weighted by Crippen LogP contribution is -2.37. The van der Waals surface area contributed by atoms with E-state index >= 15 is 0 Å². The fourth-order valence-electron chi connectivity index (χ4n) is 1.23. The molecule has 1 aliphatic rings. The van der Waals surface area contributed by atoms with Crippen LogP contribution in [0.25, 0.3) is 0 Å². The van der Waals surface area contributed by atoms with Crippen molar-refractivity contribution in [1.29, 1.82) is 5.26 Å². The van der Waals surface area contributed by atoms with Gasteiger partial charge >= 0.3 is 18.1 Å². The quantitative estimate of drug-likeness (QED) is 0.516. The van der Waals surface area contributed by atoms with Crippen LogP contribution in [0.15, 0.2) is 0 Å².